The second-order valence-corrected chi connectivity index (χ2v) is 7.96. The predicted octanol–water partition coefficient (Wildman–Crippen LogP) is 0.958. The van der Waals surface area contributed by atoms with Gasteiger partial charge in [0.25, 0.3) is 0 Å². The highest BCUT2D eigenvalue weighted by Crippen LogP contribution is 2.10. The number of carbonyl (C=O) groups is 5. The van der Waals surface area contributed by atoms with Crippen molar-refractivity contribution < 1.29 is 38.2 Å². The van der Waals surface area contributed by atoms with Crippen LogP contribution in [-0.4, -0.2) is 69.0 Å². The van der Waals surface area contributed by atoms with E-state index in [2.05, 4.69) is 16.0 Å². The maximum absolute atomic E-state index is 12.5. The SMILES string of the molecule is CC(=O)OCc1ccc(NC(=O)CNC(=O)C(NC(=O)CCOCCOCCC=O)C(C)C)cc1. The molecular weight excluding hydrogens is 458 g/mol. The van der Waals surface area contributed by atoms with Crippen molar-refractivity contribution in [2.45, 2.75) is 46.3 Å². The van der Waals surface area contributed by atoms with Crippen molar-refractivity contribution in [3.8, 4) is 0 Å². The molecule has 11 heteroatoms. The highest BCUT2D eigenvalue weighted by Gasteiger charge is 2.24. The van der Waals surface area contributed by atoms with Gasteiger partial charge in [-0.1, -0.05) is 26.0 Å². The molecule has 11 nitrogen and oxygen atoms in total. The fraction of sp³-hybridized carbons (Fsp3) is 0.542. The molecule has 0 bridgehead atoms. The molecule has 1 aromatic rings. The fourth-order valence-corrected chi connectivity index (χ4v) is 2.75. The van der Waals surface area contributed by atoms with Crippen LogP contribution < -0.4 is 16.0 Å². The van der Waals surface area contributed by atoms with Crippen molar-refractivity contribution >= 4 is 35.7 Å². The summed E-state index contributed by atoms with van der Waals surface area (Å²) in [4.78, 5) is 57.9. The van der Waals surface area contributed by atoms with Crippen LogP contribution in [0, 0.1) is 5.92 Å². The number of benzene rings is 1. The van der Waals surface area contributed by atoms with Crippen LogP contribution in [0.5, 0.6) is 0 Å². The van der Waals surface area contributed by atoms with E-state index in [1.54, 1.807) is 38.1 Å². The Morgan fingerprint density at radius 1 is 0.943 bits per heavy atom. The van der Waals surface area contributed by atoms with Crippen LogP contribution in [0.15, 0.2) is 24.3 Å². The van der Waals surface area contributed by atoms with Gasteiger partial charge in [-0.15, -0.1) is 0 Å². The van der Waals surface area contributed by atoms with Gasteiger partial charge in [0.1, 0.15) is 18.9 Å². The third-order valence-corrected chi connectivity index (χ3v) is 4.59. The summed E-state index contributed by atoms with van der Waals surface area (Å²) < 4.78 is 15.4. The van der Waals surface area contributed by atoms with Crippen molar-refractivity contribution in [3.63, 3.8) is 0 Å². The predicted molar refractivity (Wildman–Crippen MR) is 127 cm³/mol. The summed E-state index contributed by atoms with van der Waals surface area (Å²) >= 11 is 0. The number of esters is 1. The minimum atomic E-state index is -0.803. The van der Waals surface area contributed by atoms with Crippen LogP contribution in [0.4, 0.5) is 5.69 Å². The molecule has 0 aliphatic heterocycles. The minimum Gasteiger partial charge on any atom is -0.461 e. The summed E-state index contributed by atoms with van der Waals surface area (Å²) in [5.74, 6) is -1.82. The van der Waals surface area contributed by atoms with Gasteiger partial charge >= 0.3 is 5.97 Å². The topological polar surface area (TPSA) is 149 Å². The van der Waals surface area contributed by atoms with E-state index in [4.69, 9.17) is 14.2 Å². The lowest BCUT2D eigenvalue weighted by molar-refractivity contribution is -0.142. The normalized spacial score (nSPS) is 11.4. The molecule has 0 aliphatic rings. The van der Waals surface area contributed by atoms with E-state index in [9.17, 15) is 24.0 Å². The number of carbonyl (C=O) groups excluding carboxylic acids is 5. The Labute approximate surface area is 205 Å². The molecule has 0 spiro atoms. The molecule has 1 unspecified atom stereocenters. The molecular formula is C24H35N3O8. The highest BCUT2D eigenvalue weighted by atomic mass is 16.5. The van der Waals surface area contributed by atoms with Gasteiger partial charge in [0.05, 0.1) is 33.0 Å². The lowest BCUT2D eigenvalue weighted by atomic mass is 10.0. The van der Waals surface area contributed by atoms with E-state index in [-0.39, 0.29) is 44.0 Å². The monoisotopic (exact) mass is 493 g/mol. The fourth-order valence-electron chi connectivity index (χ4n) is 2.75. The second-order valence-electron chi connectivity index (χ2n) is 7.96. The molecule has 3 N–H and O–H groups in total. The van der Waals surface area contributed by atoms with E-state index in [0.717, 1.165) is 11.8 Å². The second kappa shape index (κ2) is 17.2. The Balaban J connectivity index is 2.36. The third-order valence-electron chi connectivity index (χ3n) is 4.59. The smallest absolute Gasteiger partial charge is 0.302 e. The standard InChI is InChI=1S/C24H35N3O8/c1-17(2)23(27-21(30)9-12-34-14-13-33-11-4-10-28)24(32)25-15-22(31)26-20-7-5-19(6-8-20)16-35-18(3)29/h5-8,10,17,23H,4,9,11-16H2,1-3H3,(H,25,32)(H,26,31)(H,27,30). The highest BCUT2D eigenvalue weighted by molar-refractivity contribution is 5.96. The summed E-state index contributed by atoms with van der Waals surface area (Å²) in [7, 11) is 0. The van der Waals surface area contributed by atoms with E-state index in [1.807, 2.05) is 0 Å². The maximum Gasteiger partial charge on any atom is 0.302 e. The van der Waals surface area contributed by atoms with Gasteiger partial charge in [0, 0.05) is 25.5 Å². The van der Waals surface area contributed by atoms with Gasteiger partial charge in [-0.2, -0.15) is 0 Å². The van der Waals surface area contributed by atoms with Gasteiger partial charge in [-0.05, 0) is 23.6 Å². The van der Waals surface area contributed by atoms with E-state index < -0.39 is 17.9 Å². The quantitative estimate of drug-likeness (QED) is 0.165. The van der Waals surface area contributed by atoms with Gasteiger partial charge in [0.2, 0.25) is 17.7 Å². The number of rotatable bonds is 17. The van der Waals surface area contributed by atoms with Crippen LogP contribution in [0.1, 0.15) is 39.2 Å². The van der Waals surface area contributed by atoms with Crippen molar-refractivity contribution in [1.82, 2.24) is 10.6 Å². The van der Waals surface area contributed by atoms with E-state index >= 15 is 0 Å². The van der Waals surface area contributed by atoms with Crippen LogP contribution in [-0.2, 0) is 44.8 Å². The molecule has 194 valence electrons. The Kier molecular flexibility index (Phi) is 14.6. The van der Waals surface area contributed by atoms with Crippen molar-refractivity contribution in [2.75, 3.05) is 38.3 Å². The van der Waals surface area contributed by atoms with Crippen molar-refractivity contribution in [1.29, 1.82) is 0 Å². The first-order chi connectivity index (χ1) is 16.7. The first kappa shape index (κ1) is 29.7. The molecule has 1 atom stereocenters. The average Bonchev–Trinajstić information content (AvgIpc) is 2.82. The van der Waals surface area contributed by atoms with Crippen LogP contribution in [0.25, 0.3) is 0 Å². The number of nitrogens with one attached hydrogen (secondary N) is 3. The zero-order valence-electron chi connectivity index (χ0n) is 20.5. The summed E-state index contributed by atoms with van der Waals surface area (Å²) in [5.41, 5.74) is 1.30. The third kappa shape index (κ3) is 13.9. The van der Waals surface area contributed by atoms with Crippen molar-refractivity contribution in [3.05, 3.63) is 29.8 Å². The molecule has 0 fully saturated rings. The van der Waals surface area contributed by atoms with E-state index in [0.29, 0.717) is 31.9 Å². The Morgan fingerprint density at radius 3 is 2.20 bits per heavy atom. The maximum atomic E-state index is 12.5. The molecule has 0 aromatic heterocycles. The molecule has 0 saturated heterocycles. The number of hydrogen-bond acceptors (Lipinski definition) is 8. The molecule has 0 saturated carbocycles. The Bertz CT molecular complexity index is 827. The molecule has 0 radical (unpaired) electrons. The number of anilines is 1. The largest absolute Gasteiger partial charge is 0.461 e. The number of ether oxygens (including phenoxy) is 3. The van der Waals surface area contributed by atoms with Gasteiger partial charge in [0.15, 0.2) is 0 Å². The number of amides is 3. The molecule has 1 rings (SSSR count). The van der Waals surface area contributed by atoms with Gasteiger partial charge in [-0.25, -0.2) is 0 Å². The average molecular weight is 494 g/mol. The van der Waals surface area contributed by atoms with Crippen LogP contribution in [0.3, 0.4) is 0 Å². The number of hydrogen-bond donors (Lipinski definition) is 3. The summed E-state index contributed by atoms with van der Waals surface area (Å²) in [5, 5.41) is 7.87. The van der Waals surface area contributed by atoms with Crippen LogP contribution in [0.2, 0.25) is 0 Å². The summed E-state index contributed by atoms with van der Waals surface area (Å²) in [6, 6.07) is 5.95. The van der Waals surface area contributed by atoms with Gasteiger partial charge < -0.3 is 35.0 Å². The lowest BCUT2D eigenvalue weighted by Crippen LogP contribution is -2.51. The minimum absolute atomic E-state index is 0.0682. The Morgan fingerprint density at radius 2 is 1.60 bits per heavy atom. The lowest BCUT2D eigenvalue weighted by Gasteiger charge is -2.21. The van der Waals surface area contributed by atoms with Gasteiger partial charge in [-0.3, -0.25) is 19.2 Å². The molecule has 1 aromatic carbocycles. The molecule has 35 heavy (non-hydrogen) atoms. The summed E-state index contributed by atoms with van der Waals surface area (Å²) in [6.45, 7) is 5.90. The Hall–Kier alpha value is -3.31. The van der Waals surface area contributed by atoms with E-state index in [1.165, 1.54) is 6.92 Å². The first-order valence-electron chi connectivity index (χ1n) is 11.4. The molecule has 3 amide bonds. The van der Waals surface area contributed by atoms with Crippen molar-refractivity contribution in [2.24, 2.45) is 5.92 Å². The molecule has 0 aliphatic carbocycles. The first-order valence-corrected chi connectivity index (χ1v) is 11.4. The zero-order valence-corrected chi connectivity index (χ0v) is 20.5. The van der Waals surface area contributed by atoms with Crippen LogP contribution >= 0.6 is 0 Å². The number of aldehydes is 1. The molecule has 0 heterocycles. The zero-order chi connectivity index (χ0) is 26.1. The summed E-state index contributed by atoms with van der Waals surface area (Å²) in [6.07, 6.45) is 1.17.